The summed E-state index contributed by atoms with van der Waals surface area (Å²) in [5, 5.41) is 4.54. The second kappa shape index (κ2) is 4.63. The van der Waals surface area contributed by atoms with E-state index in [1.165, 1.54) is 17.5 Å². The monoisotopic (exact) mass is 297 g/mol. The van der Waals surface area contributed by atoms with Crippen molar-refractivity contribution >= 4 is 44.7 Å². The lowest BCUT2D eigenvalue weighted by molar-refractivity contribution is 0.103. The minimum atomic E-state index is -0.173. The number of nitrogens with one attached hydrogen (secondary N) is 1. The molecule has 4 nitrogen and oxygen atoms in total. The lowest BCUT2D eigenvalue weighted by Gasteiger charge is -2.02. The maximum atomic E-state index is 11.7. The third-order valence-corrected chi connectivity index (χ3v) is 3.51. The predicted octanol–water partition coefficient (Wildman–Crippen LogP) is 2.74. The Kier molecular flexibility index (Phi) is 3.21. The highest BCUT2D eigenvalue weighted by atomic mass is 79.9. The summed E-state index contributed by atoms with van der Waals surface area (Å²) in [5.74, 6) is 0.316. The number of nitrogens with two attached hydrogens (primary N) is 1. The molecule has 1 amide bonds. The Balaban J connectivity index is 2.10. The zero-order chi connectivity index (χ0) is 11.5. The smallest absolute Gasteiger partial charge is 0.266 e. The zero-order valence-electron chi connectivity index (χ0n) is 8.11. The molecule has 0 atom stereocenters. The molecule has 0 saturated heterocycles. The molecule has 0 aliphatic carbocycles. The zero-order valence-corrected chi connectivity index (χ0v) is 10.5. The van der Waals surface area contributed by atoms with Crippen LogP contribution in [0.25, 0.3) is 0 Å². The van der Waals surface area contributed by atoms with Gasteiger partial charge in [-0.2, -0.15) is 0 Å². The molecule has 0 aliphatic rings. The molecule has 0 spiro atoms. The maximum Gasteiger partial charge on any atom is 0.266 e. The molecule has 0 bridgehead atoms. The van der Waals surface area contributed by atoms with Gasteiger partial charge in [0.1, 0.15) is 5.82 Å². The molecule has 0 aromatic carbocycles. The van der Waals surface area contributed by atoms with Crippen LogP contribution in [0.4, 0.5) is 11.5 Å². The molecule has 2 heterocycles. The van der Waals surface area contributed by atoms with E-state index in [1.54, 1.807) is 18.2 Å². The van der Waals surface area contributed by atoms with Gasteiger partial charge in [0.15, 0.2) is 0 Å². The standard InChI is InChI=1S/C10H8BrN3OS/c11-6-3-8(16-5-6)10(15)14-9-2-1-7(12)4-13-9/h1-5H,12H2,(H,13,14,15). The number of rotatable bonds is 2. The fourth-order valence-electron chi connectivity index (χ4n) is 1.09. The molecular formula is C10H8BrN3OS. The van der Waals surface area contributed by atoms with Gasteiger partial charge in [-0.3, -0.25) is 4.79 Å². The first kappa shape index (κ1) is 11.1. The summed E-state index contributed by atoms with van der Waals surface area (Å²) in [6.45, 7) is 0. The molecule has 0 saturated carbocycles. The number of nitrogens with zero attached hydrogens (tertiary/aromatic N) is 1. The maximum absolute atomic E-state index is 11.7. The molecule has 0 radical (unpaired) electrons. The summed E-state index contributed by atoms with van der Waals surface area (Å²) in [6.07, 6.45) is 1.50. The Morgan fingerprint density at radius 3 is 2.88 bits per heavy atom. The summed E-state index contributed by atoms with van der Waals surface area (Å²) < 4.78 is 0.896. The van der Waals surface area contributed by atoms with E-state index in [0.717, 1.165) is 4.47 Å². The Morgan fingerprint density at radius 2 is 2.31 bits per heavy atom. The first-order valence-electron chi connectivity index (χ1n) is 4.42. The summed E-state index contributed by atoms with van der Waals surface area (Å²) in [6, 6.07) is 5.11. The van der Waals surface area contributed by atoms with Crippen molar-refractivity contribution in [1.82, 2.24) is 4.98 Å². The number of carbonyl (C=O) groups excluding carboxylic acids is 1. The number of pyridine rings is 1. The van der Waals surface area contributed by atoms with Gasteiger partial charge in [0.2, 0.25) is 0 Å². The first-order valence-corrected chi connectivity index (χ1v) is 6.09. The van der Waals surface area contributed by atoms with E-state index in [1.807, 2.05) is 5.38 Å². The van der Waals surface area contributed by atoms with Gasteiger partial charge < -0.3 is 11.1 Å². The van der Waals surface area contributed by atoms with E-state index in [0.29, 0.717) is 16.4 Å². The average molecular weight is 298 g/mol. The molecule has 2 rings (SSSR count). The molecular weight excluding hydrogens is 290 g/mol. The normalized spacial score (nSPS) is 10.1. The van der Waals surface area contributed by atoms with Crippen molar-refractivity contribution in [3.63, 3.8) is 0 Å². The highest BCUT2D eigenvalue weighted by Gasteiger charge is 2.08. The number of nitrogen functional groups attached to an aromatic ring is 1. The second-order valence-electron chi connectivity index (χ2n) is 3.06. The number of hydrogen-bond donors (Lipinski definition) is 2. The SMILES string of the molecule is Nc1ccc(NC(=O)c2cc(Br)cs2)nc1. The van der Waals surface area contributed by atoms with Crippen molar-refractivity contribution in [2.24, 2.45) is 0 Å². The Hall–Kier alpha value is -1.40. The molecule has 2 aromatic rings. The van der Waals surface area contributed by atoms with Crippen LogP contribution < -0.4 is 11.1 Å². The molecule has 0 aliphatic heterocycles. The van der Waals surface area contributed by atoms with Crippen LogP contribution in [0.2, 0.25) is 0 Å². The molecule has 6 heteroatoms. The van der Waals surface area contributed by atoms with Crippen LogP contribution in [-0.4, -0.2) is 10.9 Å². The lowest BCUT2D eigenvalue weighted by Crippen LogP contribution is -2.11. The third kappa shape index (κ3) is 2.59. The van der Waals surface area contributed by atoms with Gasteiger partial charge >= 0.3 is 0 Å². The van der Waals surface area contributed by atoms with Crippen LogP contribution in [0, 0.1) is 0 Å². The van der Waals surface area contributed by atoms with Crippen molar-refractivity contribution in [3.05, 3.63) is 39.1 Å². The second-order valence-corrected chi connectivity index (χ2v) is 4.89. The number of hydrogen-bond acceptors (Lipinski definition) is 4. The van der Waals surface area contributed by atoms with Crippen molar-refractivity contribution in [2.45, 2.75) is 0 Å². The summed E-state index contributed by atoms with van der Waals surface area (Å²) in [5.41, 5.74) is 6.06. The van der Waals surface area contributed by atoms with Gasteiger partial charge in [-0.1, -0.05) is 0 Å². The highest BCUT2D eigenvalue weighted by molar-refractivity contribution is 9.10. The lowest BCUT2D eigenvalue weighted by atomic mass is 10.4. The summed E-state index contributed by atoms with van der Waals surface area (Å²) in [4.78, 5) is 16.3. The predicted molar refractivity (Wildman–Crippen MR) is 68.6 cm³/mol. The van der Waals surface area contributed by atoms with Gasteiger partial charge in [-0.25, -0.2) is 4.98 Å². The van der Waals surface area contributed by atoms with Crippen LogP contribution in [0.5, 0.6) is 0 Å². The van der Waals surface area contributed by atoms with Crippen molar-refractivity contribution < 1.29 is 4.79 Å². The third-order valence-electron chi connectivity index (χ3n) is 1.82. The molecule has 3 N–H and O–H groups in total. The van der Waals surface area contributed by atoms with Gasteiger partial charge in [0.05, 0.1) is 16.8 Å². The van der Waals surface area contributed by atoms with Crippen LogP contribution in [0.3, 0.4) is 0 Å². The van der Waals surface area contributed by atoms with E-state index in [4.69, 9.17) is 5.73 Å². The Morgan fingerprint density at radius 1 is 1.50 bits per heavy atom. The number of amides is 1. The number of carbonyl (C=O) groups is 1. The highest BCUT2D eigenvalue weighted by Crippen LogP contribution is 2.20. The topological polar surface area (TPSA) is 68.0 Å². The van der Waals surface area contributed by atoms with E-state index in [2.05, 4.69) is 26.2 Å². The minimum absolute atomic E-state index is 0.173. The average Bonchev–Trinajstić information content (AvgIpc) is 2.68. The van der Waals surface area contributed by atoms with E-state index < -0.39 is 0 Å². The summed E-state index contributed by atoms with van der Waals surface area (Å²) >= 11 is 4.66. The van der Waals surface area contributed by atoms with Crippen molar-refractivity contribution in [1.29, 1.82) is 0 Å². The number of anilines is 2. The van der Waals surface area contributed by atoms with Gasteiger partial charge in [-0.15, -0.1) is 11.3 Å². The summed E-state index contributed by atoms with van der Waals surface area (Å²) in [7, 11) is 0. The van der Waals surface area contributed by atoms with Crippen LogP contribution >= 0.6 is 27.3 Å². The van der Waals surface area contributed by atoms with E-state index >= 15 is 0 Å². The number of aromatic nitrogens is 1. The Bertz CT molecular complexity index is 509. The van der Waals surface area contributed by atoms with Gasteiger partial charge in [-0.05, 0) is 34.1 Å². The molecule has 0 fully saturated rings. The van der Waals surface area contributed by atoms with Crippen LogP contribution in [0.15, 0.2) is 34.2 Å². The largest absolute Gasteiger partial charge is 0.397 e. The van der Waals surface area contributed by atoms with Crippen LogP contribution in [0.1, 0.15) is 9.67 Å². The minimum Gasteiger partial charge on any atom is -0.397 e. The molecule has 0 unspecified atom stereocenters. The van der Waals surface area contributed by atoms with E-state index in [-0.39, 0.29) is 5.91 Å². The van der Waals surface area contributed by atoms with Gasteiger partial charge in [0, 0.05) is 9.85 Å². The van der Waals surface area contributed by atoms with Crippen LogP contribution in [-0.2, 0) is 0 Å². The van der Waals surface area contributed by atoms with Crippen molar-refractivity contribution in [3.8, 4) is 0 Å². The fourth-order valence-corrected chi connectivity index (χ4v) is 2.41. The quantitative estimate of drug-likeness (QED) is 0.895. The molecule has 2 aromatic heterocycles. The Labute approximate surface area is 105 Å². The number of thiophene rings is 1. The van der Waals surface area contributed by atoms with Gasteiger partial charge in [0.25, 0.3) is 5.91 Å². The molecule has 16 heavy (non-hydrogen) atoms. The number of halogens is 1. The fraction of sp³-hybridized carbons (Fsp3) is 0. The molecule has 82 valence electrons. The first-order chi connectivity index (χ1) is 7.65. The van der Waals surface area contributed by atoms with E-state index in [9.17, 15) is 4.79 Å². The van der Waals surface area contributed by atoms with Crippen molar-refractivity contribution in [2.75, 3.05) is 11.1 Å².